The Labute approximate surface area is 108 Å². The quantitative estimate of drug-likeness (QED) is 0.724. The number of benzene rings is 1. The maximum absolute atomic E-state index is 13.4. The van der Waals surface area contributed by atoms with Crippen LogP contribution >= 0.6 is 0 Å². The minimum absolute atomic E-state index is 0.264. The van der Waals surface area contributed by atoms with Gasteiger partial charge >= 0.3 is 0 Å². The van der Waals surface area contributed by atoms with Crippen LogP contribution < -0.4 is 10.1 Å². The second-order valence-electron chi connectivity index (χ2n) is 4.67. The zero-order valence-corrected chi connectivity index (χ0v) is 11.3. The lowest BCUT2D eigenvalue weighted by Crippen LogP contribution is -2.18. The van der Waals surface area contributed by atoms with Crippen LogP contribution in [0.4, 0.5) is 4.39 Å². The summed E-state index contributed by atoms with van der Waals surface area (Å²) in [6, 6.07) is 4.80. The Morgan fingerprint density at radius 2 is 2.06 bits per heavy atom. The van der Waals surface area contributed by atoms with Crippen molar-refractivity contribution in [1.82, 2.24) is 5.32 Å². The third-order valence-electron chi connectivity index (χ3n) is 2.33. The molecule has 0 bridgehead atoms. The lowest BCUT2D eigenvalue weighted by molar-refractivity contribution is 0.199. The Kier molecular flexibility index (Phi) is 6.68. The van der Waals surface area contributed by atoms with Crippen molar-refractivity contribution >= 4 is 0 Å². The Bertz CT molecular complexity index is 356. The monoisotopic (exact) mass is 255 g/mol. The fourth-order valence-corrected chi connectivity index (χ4v) is 1.48. The SMILES string of the molecule is COCCNCc1cc(F)cc(OCC(C)C)c1. The van der Waals surface area contributed by atoms with Gasteiger partial charge in [-0.1, -0.05) is 13.8 Å². The van der Waals surface area contributed by atoms with E-state index in [2.05, 4.69) is 19.2 Å². The molecule has 0 aliphatic heterocycles. The van der Waals surface area contributed by atoms with Gasteiger partial charge in [0, 0.05) is 26.3 Å². The lowest BCUT2D eigenvalue weighted by Gasteiger charge is -2.11. The molecule has 0 aromatic heterocycles. The summed E-state index contributed by atoms with van der Waals surface area (Å²) in [5.41, 5.74) is 0.879. The van der Waals surface area contributed by atoms with Crippen LogP contribution in [0.1, 0.15) is 19.4 Å². The van der Waals surface area contributed by atoms with E-state index >= 15 is 0 Å². The number of methoxy groups -OCH3 is 1. The molecule has 0 aliphatic rings. The fraction of sp³-hybridized carbons (Fsp3) is 0.571. The highest BCUT2D eigenvalue weighted by atomic mass is 19.1. The van der Waals surface area contributed by atoms with Crippen molar-refractivity contribution in [1.29, 1.82) is 0 Å². The van der Waals surface area contributed by atoms with E-state index < -0.39 is 0 Å². The number of nitrogens with one attached hydrogen (secondary N) is 1. The molecule has 0 aliphatic carbocycles. The van der Waals surface area contributed by atoms with Gasteiger partial charge in [-0.3, -0.25) is 0 Å². The maximum atomic E-state index is 13.4. The lowest BCUT2D eigenvalue weighted by atomic mass is 10.2. The molecule has 1 rings (SSSR count). The molecule has 0 fully saturated rings. The minimum atomic E-state index is -0.264. The van der Waals surface area contributed by atoms with Gasteiger partial charge in [0.25, 0.3) is 0 Å². The fourth-order valence-electron chi connectivity index (χ4n) is 1.48. The van der Waals surface area contributed by atoms with E-state index in [0.29, 0.717) is 31.4 Å². The van der Waals surface area contributed by atoms with Crippen LogP contribution in [-0.2, 0) is 11.3 Å². The molecule has 0 heterocycles. The van der Waals surface area contributed by atoms with Crippen LogP contribution in [0.25, 0.3) is 0 Å². The summed E-state index contributed by atoms with van der Waals surface area (Å²) in [6.45, 7) is 6.72. The van der Waals surface area contributed by atoms with Crippen molar-refractivity contribution in [3.05, 3.63) is 29.6 Å². The molecule has 0 spiro atoms. The van der Waals surface area contributed by atoms with E-state index in [0.717, 1.165) is 12.1 Å². The minimum Gasteiger partial charge on any atom is -0.493 e. The average molecular weight is 255 g/mol. The Morgan fingerprint density at radius 3 is 2.72 bits per heavy atom. The van der Waals surface area contributed by atoms with Crippen LogP contribution in [-0.4, -0.2) is 26.9 Å². The molecular formula is C14H22FNO2. The van der Waals surface area contributed by atoms with Crippen molar-refractivity contribution in [2.24, 2.45) is 5.92 Å². The number of ether oxygens (including phenoxy) is 2. The number of rotatable bonds is 8. The third-order valence-corrected chi connectivity index (χ3v) is 2.33. The van der Waals surface area contributed by atoms with Crippen molar-refractivity contribution in [3.63, 3.8) is 0 Å². The van der Waals surface area contributed by atoms with E-state index in [1.165, 1.54) is 12.1 Å². The van der Waals surface area contributed by atoms with Crippen LogP contribution in [0.3, 0.4) is 0 Å². The van der Waals surface area contributed by atoms with E-state index in [1.54, 1.807) is 7.11 Å². The smallest absolute Gasteiger partial charge is 0.127 e. The standard InChI is InChI=1S/C14H22FNO2/c1-11(2)10-18-14-7-12(6-13(15)8-14)9-16-4-5-17-3/h6-8,11,16H,4-5,9-10H2,1-3H3. The van der Waals surface area contributed by atoms with Crippen LogP contribution in [0, 0.1) is 11.7 Å². The summed E-state index contributed by atoms with van der Waals surface area (Å²) in [5, 5.41) is 3.17. The van der Waals surface area contributed by atoms with Gasteiger partial charge < -0.3 is 14.8 Å². The first-order valence-corrected chi connectivity index (χ1v) is 6.23. The van der Waals surface area contributed by atoms with Crippen LogP contribution in [0.15, 0.2) is 18.2 Å². The third kappa shape index (κ3) is 5.98. The van der Waals surface area contributed by atoms with Gasteiger partial charge in [0.2, 0.25) is 0 Å². The predicted octanol–water partition coefficient (Wildman–Crippen LogP) is 2.60. The Balaban J connectivity index is 2.51. The predicted molar refractivity (Wildman–Crippen MR) is 70.3 cm³/mol. The summed E-state index contributed by atoms with van der Waals surface area (Å²) in [7, 11) is 1.65. The van der Waals surface area contributed by atoms with Gasteiger partial charge in [-0.2, -0.15) is 0 Å². The molecule has 0 amide bonds. The summed E-state index contributed by atoms with van der Waals surface area (Å²) in [4.78, 5) is 0. The van der Waals surface area contributed by atoms with Crippen molar-refractivity contribution < 1.29 is 13.9 Å². The van der Waals surface area contributed by atoms with Gasteiger partial charge in [-0.05, 0) is 23.6 Å². The van der Waals surface area contributed by atoms with Crippen molar-refractivity contribution in [2.75, 3.05) is 26.9 Å². The molecule has 0 unspecified atom stereocenters. The number of hydrogen-bond acceptors (Lipinski definition) is 3. The van der Waals surface area contributed by atoms with Crippen molar-refractivity contribution in [2.45, 2.75) is 20.4 Å². The zero-order valence-electron chi connectivity index (χ0n) is 11.3. The maximum Gasteiger partial charge on any atom is 0.127 e. The van der Waals surface area contributed by atoms with E-state index in [-0.39, 0.29) is 5.82 Å². The second kappa shape index (κ2) is 8.06. The van der Waals surface area contributed by atoms with E-state index in [9.17, 15) is 4.39 Å². The van der Waals surface area contributed by atoms with Gasteiger partial charge in [0.1, 0.15) is 11.6 Å². The van der Waals surface area contributed by atoms with Gasteiger partial charge in [-0.15, -0.1) is 0 Å². The second-order valence-corrected chi connectivity index (χ2v) is 4.67. The molecule has 102 valence electrons. The topological polar surface area (TPSA) is 30.5 Å². The molecular weight excluding hydrogens is 233 g/mol. The average Bonchev–Trinajstić information content (AvgIpc) is 2.32. The first-order valence-electron chi connectivity index (χ1n) is 6.23. The molecule has 1 N–H and O–H groups in total. The molecule has 18 heavy (non-hydrogen) atoms. The largest absolute Gasteiger partial charge is 0.493 e. The molecule has 3 nitrogen and oxygen atoms in total. The first-order chi connectivity index (χ1) is 8.61. The zero-order chi connectivity index (χ0) is 13.4. The van der Waals surface area contributed by atoms with E-state index in [1.807, 2.05) is 6.07 Å². The molecule has 1 aromatic carbocycles. The van der Waals surface area contributed by atoms with Crippen LogP contribution in [0.5, 0.6) is 5.75 Å². The highest BCUT2D eigenvalue weighted by Crippen LogP contribution is 2.17. The van der Waals surface area contributed by atoms with Gasteiger partial charge in [0.05, 0.1) is 13.2 Å². The normalized spacial score (nSPS) is 10.9. The van der Waals surface area contributed by atoms with Crippen molar-refractivity contribution in [3.8, 4) is 5.75 Å². The van der Waals surface area contributed by atoms with Gasteiger partial charge in [-0.25, -0.2) is 4.39 Å². The highest BCUT2D eigenvalue weighted by Gasteiger charge is 2.03. The summed E-state index contributed by atoms with van der Waals surface area (Å²) < 4.78 is 23.8. The van der Waals surface area contributed by atoms with E-state index in [4.69, 9.17) is 9.47 Å². The molecule has 0 saturated carbocycles. The molecule has 0 atom stereocenters. The first kappa shape index (κ1) is 14.9. The molecule has 4 heteroatoms. The molecule has 0 saturated heterocycles. The summed E-state index contributed by atoms with van der Waals surface area (Å²) >= 11 is 0. The van der Waals surface area contributed by atoms with Crippen LogP contribution in [0.2, 0.25) is 0 Å². The number of hydrogen-bond donors (Lipinski definition) is 1. The Morgan fingerprint density at radius 1 is 1.28 bits per heavy atom. The Hall–Kier alpha value is -1.13. The van der Waals surface area contributed by atoms with Gasteiger partial charge in [0.15, 0.2) is 0 Å². The molecule has 0 radical (unpaired) electrons. The summed E-state index contributed by atoms with van der Waals surface area (Å²) in [5.74, 6) is 0.753. The molecule has 1 aromatic rings. The number of halogens is 1. The highest BCUT2D eigenvalue weighted by molar-refractivity contribution is 5.29. The summed E-state index contributed by atoms with van der Waals surface area (Å²) in [6.07, 6.45) is 0.